The second kappa shape index (κ2) is 6.27. The van der Waals surface area contributed by atoms with Gasteiger partial charge in [0.2, 0.25) is 0 Å². The van der Waals surface area contributed by atoms with E-state index in [0.717, 1.165) is 22.4 Å². The maximum Gasteiger partial charge on any atom is 0.338 e. The molecule has 0 fully saturated rings. The monoisotopic (exact) mass is 282 g/mol. The molecule has 0 aliphatic carbocycles. The first kappa shape index (κ1) is 14.9. The summed E-state index contributed by atoms with van der Waals surface area (Å²) >= 11 is 0. The Bertz CT molecular complexity index is 669. The van der Waals surface area contributed by atoms with Crippen LogP contribution in [0.3, 0.4) is 0 Å². The predicted molar refractivity (Wildman–Crippen MR) is 83.6 cm³/mol. The van der Waals surface area contributed by atoms with Gasteiger partial charge in [0.15, 0.2) is 0 Å². The van der Waals surface area contributed by atoms with Crippen LogP contribution in [0, 0.1) is 6.92 Å². The number of rotatable bonds is 4. The minimum absolute atomic E-state index is 0.379. The van der Waals surface area contributed by atoms with Crippen LogP contribution < -0.4 is 9.47 Å². The fourth-order valence-corrected chi connectivity index (χ4v) is 1.97. The molecule has 3 nitrogen and oxygen atoms in total. The molecule has 2 rings (SSSR count). The van der Waals surface area contributed by atoms with Gasteiger partial charge in [-0.05, 0) is 54.8 Å². The molecule has 0 atom stereocenters. The third-order valence-corrected chi connectivity index (χ3v) is 3.14. The second-order valence-corrected chi connectivity index (χ2v) is 4.88. The van der Waals surface area contributed by atoms with E-state index in [1.165, 1.54) is 0 Å². The lowest BCUT2D eigenvalue weighted by atomic mass is 10.0. The Hall–Kier alpha value is -2.55. The third kappa shape index (κ3) is 3.51. The SMILES string of the molecule is C=C(C)C(=O)Oc1ccc(-c2ccc(OC)c(C)c2)cc1. The van der Waals surface area contributed by atoms with Crippen molar-refractivity contribution in [3.8, 4) is 22.6 Å². The van der Waals surface area contributed by atoms with Gasteiger partial charge in [-0.1, -0.05) is 24.8 Å². The summed E-state index contributed by atoms with van der Waals surface area (Å²) in [5.74, 6) is 0.964. The number of ether oxygens (including phenoxy) is 2. The van der Waals surface area contributed by atoms with Gasteiger partial charge in [-0.15, -0.1) is 0 Å². The van der Waals surface area contributed by atoms with E-state index in [1.54, 1.807) is 26.2 Å². The van der Waals surface area contributed by atoms with Crippen LogP contribution in [-0.4, -0.2) is 13.1 Å². The van der Waals surface area contributed by atoms with E-state index in [2.05, 4.69) is 12.6 Å². The molecule has 2 aromatic carbocycles. The van der Waals surface area contributed by atoms with Gasteiger partial charge >= 0.3 is 5.97 Å². The summed E-state index contributed by atoms with van der Waals surface area (Å²) in [6, 6.07) is 13.4. The van der Waals surface area contributed by atoms with Gasteiger partial charge in [0.05, 0.1) is 7.11 Å². The maximum atomic E-state index is 11.4. The normalized spacial score (nSPS) is 10.0. The molecule has 3 heteroatoms. The minimum atomic E-state index is -0.414. The Balaban J connectivity index is 2.21. The van der Waals surface area contributed by atoms with Crippen molar-refractivity contribution in [2.24, 2.45) is 0 Å². The summed E-state index contributed by atoms with van der Waals surface area (Å²) in [6.07, 6.45) is 0. The smallest absolute Gasteiger partial charge is 0.338 e. The van der Waals surface area contributed by atoms with E-state index in [0.29, 0.717) is 11.3 Å². The van der Waals surface area contributed by atoms with Crippen molar-refractivity contribution in [1.82, 2.24) is 0 Å². The fraction of sp³-hybridized carbons (Fsp3) is 0.167. The lowest BCUT2D eigenvalue weighted by Gasteiger charge is -2.09. The molecule has 0 aromatic heterocycles. The van der Waals surface area contributed by atoms with E-state index >= 15 is 0 Å². The summed E-state index contributed by atoms with van der Waals surface area (Å²) in [4.78, 5) is 11.4. The van der Waals surface area contributed by atoms with Crippen LogP contribution in [0.25, 0.3) is 11.1 Å². The van der Waals surface area contributed by atoms with Gasteiger partial charge in [0.1, 0.15) is 11.5 Å². The summed E-state index contributed by atoms with van der Waals surface area (Å²) in [5, 5.41) is 0. The highest BCUT2D eigenvalue weighted by Crippen LogP contribution is 2.27. The average molecular weight is 282 g/mol. The molecule has 0 unspecified atom stereocenters. The Kier molecular flexibility index (Phi) is 4.43. The number of esters is 1. The first-order valence-corrected chi connectivity index (χ1v) is 6.64. The van der Waals surface area contributed by atoms with Crippen LogP contribution in [0.4, 0.5) is 0 Å². The quantitative estimate of drug-likeness (QED) is 0.480. The molecule has 0 radical (unpaired) electrons. The Morgan fingerprint density at radius 2 is 1.67 bits per heavy atom. The van der Waals surface area contributed by atoms with Crippen molar-refractivity contribution in [2.75, 3.05) is 7.11 Å². The number of carbonyl (C=O) groups is 1. The van der Waals surface area contributed by atoms with Gasteiger partial charge in [0, 0.05) is 5.57 Å². The largest absolute Gasteiger partial charge is 0.496 e. The molecular formula is C18H18O3. The molecule has 2 aromatic rings. The standard InChI is InChI=1S/C18H18O3/c1-12(2)18(19)21-16-8-5-14(6-9-16)15-7-10-17(20-4)13(3)11-15/h5-11H,1H2,2-4H3. The van der Waals surface area contributed by atoms with Gasteiger partial charge < -0.3 is 9.47 Å². The van der Waals surface area contributed by atoms with E-state index in [9.17, 15) is 4.79 Å². The molecule has 0 saturated carbocycles. The van der Waals surface area contributed by atoms with Crippen molar-refractivity contribution >= 4 is 5.97 Å². The lowest BCUT2D eigenvalue weighted by molar-refractivity contribution is -0.130. The van der Waals surface area contributed by atoms with Crippen molar-refractivity contribution in [1.29, 1.82) is 0 Å². The fourth-order valence-electron chi connectivity index (χ4n) is 1.97. The van der Waals surface area contributed by atoms with E-state index in [1.807, 2.05) is 31.2 Å². The summed E-state index contributed by atoms with van der Waals surface area (Å²) < 4.78 is 10.4. The van der Waals surface area contributed by atoms with Crippen LogP contribution in [-0.2, 0) is 4.79 Å². The molecule has 0 N–H and O–H groups in total. The number of benzene rings is 2. The average Bonchev–Trinajstić information content (AvgIpc) is 2.47. The molecule has 0 amide bonds. The van der Waals surface area contributed by atoms with Gasteiger partial charge in [0.25, 0.3) is 0 Å². The summed E-state index contributed by atoms with van der Waals surface area (Å²) in [6.45, 7) is 7.18. The van der Waals surface area contributed by atoms with Crippen LogP contribution in [0.15, 0.2) is 54.6 Å². The first-order chi connectivity index (χ1) is 10.0. The van der Waals surface area contributed by atoms with Crippen molar-refractivity contribution < 1.29 is 14.3 Å². The van der Waals surface area contributed by atoms with Crippen molar-refractivity contribution in [2.45, 2.75) is 13.8 Å². The number of hydrogen-bond acceptors (Lipinski definition) is 3. The lowest BCUT2D eigenvalue weighted by Crippen LogP contribution is -2.07. The third-order valence-electron chi connectivity index (χ3n) is 3.14. The second-order valence-electron chi connectivity index (χ2n) is 4.88. The first-order valence-electron chi connectivity index (χ1n) is 6.64. The Labute approximate surface area is 124 Å². The Morgan fingerprint density at radius 3 is 2.19 bits per heavy atom. The molecule has 108 valence electrons. The molecule has 0 spiro atoms. The summed E-state index contributed by atoms with van der Waals surface area (Å²) in [5.41, 5.74) is 3.60. The highest BCUT2D eigenvalue weighted by atomic mass is 16.5. The minimum Gasteiger partial charge on any atom is -0.496 e. The van der Waals surface area contributed by atoms with Gasteiger partial charge in [-0.2, -0.15) is 0 Å². The van der Waals surface area contributed by atoms with Gasteiger partial charge in [-0.3, -0.25) is 0 Å². The maximum absolute atomic E-state index is 11.4. The predicted octanol–water partition coefficient (Wildman–Crippen LogP) is 4.15. The zero-order valence-electron chi connectivity index (χ0n) is 12.5. The highest BCUT2D eigenvalue weighted by molar-refractivity contribution is 5.88. The zero-order valence-corrected chi connectivity index (χ0v) is 12.5. The van der Waals surface area contributed by atoms with E-state index in [4.69, 9.17) is 9.47 Å². The molecule has 0 bridgehead atoms. The number of hydrogen-bond donors (Lipinski definition) is 0. The van der Waals surface area contributed by atoms with Crippen LogP contribution in [0.2, 0.25) is 0 Å². The highest BCUT2D eigenvalue weighted by Gasteiger charge is 2.06. The molecule has 0 heterocycles. The van der Waals surface area contributed by atoms with Crippen LogP contribution >= 0.6 is 0 Å². The number of aryl methyl sites for hydroxylation is 1. The van der Waals surface area contributed by atoms with Crippen molar-refractivity contribution in [3.63, 3.8) is 0 Å². The summed E-state index contributed by atoms with van der Waals surface area (Å²) in [7, 11) is 1.66. The van der Waals surface area contributed by atoms with E-state index < -0.39 is 5.97 Å². The number of methoxy groups -OCH3 is 1. The molecule has 0 aliphatic heterocycles. The topological polar surface area (TPSA) is 35.5 Å². The van der Waals surface area contributed by atoms with E-state index in [-0.39, 0.29) is 0 Å². The molecule has 0 saturated heterocycles. The molecular weight excluding hydrogens is 264 g/mol. The van der Waals surface area contributed by atoms with Crippen molar-refractivity contribution in [3.05, 3.63) is 60.2 Å². The molecule has 21 heavy (non-hydrogen) atoms. The van der Waals surface area contributed by atoms with Crippen LogP contribution in [0.1, 0.15) is 12.5 Å². The molecule has 0 aliphatic rings. The Morgan fingerprint density at radius 1 is 1.05 bits per heavy atom. The number of carbonyl (C=O) groups excluding carboxylic acids is 1. The van der Waals surface area contributed by atoms with Gasteiger partial charge in [-0.25, -0.2) is 4.79 Å². The van der Waals surface area contributed by atoms with Crippen LogP contribution in [0.5, 0.6) is 11.5 Å². The zero-order chi connectivity index (χ0) is 15.4.